The van der Waals surface area contributed by atoms with Gasteiger partial charge in [-0.25, -0.2) is 4.98 Å². The summed E-state index contributed by atoms with van der Waals surface area (Å²) in [5.41, 5.74) is 4.60. The zero-order chi connectivity index (χ0) is 18.4. The second kappa shape index (κ2) is 5.80. The van der Waals surface area contributed by atoms with Crippen LogP contribution >= 0.6 is 0 Å². The van der Waals surface area contributed by atoms with Crippen molar-refractivity contribution in [3.8, 4) is 11.1 Å². The molecular formula is C19H16N4O3. The van der Waals surface area contributed by atoms with E-state index in [1.54, 1.807) is 6.07 Å². The van der Waals surface area contributed by atoms with E-state index in [0.717, 1.165) is 22.5 Å². The van der Waals surface area contributed by atoms with E-state index in [-0.39, 0.29) is 18.0 Å². The SMILES string of the molecule is CC(=O)c1nn(CC(=O)O)c2ccc(-c3ccc4nc(C)cn4c3)cc12. The molecule has 0 fully saturated rings. The van der Waals surface area contributed by atoms with Gasteiger partial charge in [-0.1, -0.05) is 6.07 Å². The van der Waals surface area contributed by atoms with Crippen molar-refractivity contribution in [1.29, 1.82) is 0 Å². The van der Waals surface area contributed by atoms with Gasteiger partial charge in [0, 0.05) is 24.7 Å². The number of hydrogen-bond donors (Lipinski definition) is 1. The maximum Gasteiger partial charge on any atom is 0.325 e. The maximum atomic E-state index is 11.9. The molecule has 0 saturated carbocycles. The first-order chi connectivity index (χ1) is 12.4. The molecule has 3 aromatic heterocycles. The Hall–Kier alpha value is -3.48. The predicted octanol–water partition coefficient (Wildman–Crippen LogP) is 2.95. The van der Waals surface area contributed by atoms with E-state index in [9.17, 15) is 9.59 Å². The monoisotopic (exact) mass is 348 g/mol. The van der Waals surface area contributed by atoms with Crippen LogP contribution in [0.2, 0.25) is 0 Å². The summed E-state index contributed by atoms with van der Waals surface area (Å²) in [4.78, 5) is 27.4. The second-order valence-corrected chi connectivity index (χ2v) is 6.25. The van der Waals surface area contributed by atoms with E-state index in [2.05, 4.69) is 10.1 Å². The molecule has 0 atom stereocenters. The lowest BCUT2D eigenvalue weighted by atomic mass is 10.0. The number of benzene rings is 1. The first-order valence-electron chi connectivity index (χ1n) is 8.11. The number of pyridine rings is 1. The van der Waals surface area contributed by atoms with E-state index < -0.39 is 5.97 Å². The molecule has 1 N–H and O–H groups in total. The first-order valence-corrected chi connectivity index (χ1v) is 8.11. The van der Waals surface area contributed by atoms with Crippen LogP contribution in [0.5, 0.6) is 0 Å². The summed E-state index contributed by atoms with van der Waals surface area (Å²) in [5, 5.41) is 13.9. The summed E-state index contributed by atoms with van der Waals surface area (Å²) in [6.45, 7) is 3.08. The van der Waals surface area contributed by atoms with Crippen molar-refractivity contribution < 1.29 is 14.7 Å². The Morgan fingerprint density at radius 1 is 1.12 bits per heavy atom. The van der Waals surface area contributed by atoms with Gasteiger partial charge < -0.3 is 9.51 Å². The molecule has 7 heteroatoms. The van der Waals surface area contributed by atoms with Crippen molar-refractivity contribution in [3.63, 3.8) is 0 Å². The Balaban J connectivity index is 1.89. The van der Waals surface area contributed by atoms with Gasteiger partial charge in [-0.2, -0.15) is 5.10 Å². The summed E-state index contributed by atoms with van der Waals surface area (Å²) >= 11 is 0. The minimum Gasteiger partial charge on any atom is -0.480 e. The predicted molar refractivity (Wildman–Crippen MR) is 96.3 cm³/mol. The van der Waals surface area contributed by atoms with Crippen molar-refractivity contribution in [1.82, 2.24) is 19.2 Å². The van der Waals surface area contributed by atoms with Crippen LogP contribution in [0.15, 0.2) is 42.7 Å². The van der Waals surface area contributed by atoms with Gasteiger partial charge in [0.05, 0.1) is 11.2 Å². The summed E-state index contributed by atoms with van der Waals surface area (Å²) in [6, 6.07) is 9.49. The van der Waals surface area contributed by atoms with Crippen molar-refractivity contribution in [2.24, 2.45) is 0 Å². The highest BCUT2D eigenvalue weighted by atomic mass is 16.4. The van der Waals surface area contributed by atoms with Gasteiger partial charge in [0.15, 0.2) is 5.78 Å². The number of Topliss-reactive ketones (excluding diaryl/α,β-unsaturated/α-hetero) is 1. The van der Waals surface area contributed by atoms with E-state index in [1.165, 1.54) is 11.6 Å². The van der Waals surface area contributed by atoms with Crippen LogP contribution in [0.1, 0.15) is 23.1 Å². The number of fused-ring (bicyclic) bond motifs is 2. The third-order valence-corrected chi connectivity index (χ3v) is 4.27. The molecule has 0 saturated heterocycles. The smallest absolute Gasteiger partial charge is 0.325 e. The third-order valence-electron chi connectivity index (χ3n) is 4.27. The highest BCUT2D eigenvalue weighted by molar-refractivity contribution is 6.06. The number of nitrogens with zero attached hydrogens (tertiary/aromatic N) is 4. The van der Waals surface area contributed by atoms with Crippen LogP contribution < -0.4 is 0 Å². The lowest BCUT2D eigenvalue weighted by molar-refractivity contribution is -0.137. The van der Waals surface area contributed by atoms with Crippen LogP contribution in [-0.4, -0.2) is 36.0 Å². The quantitative estimate of drug-likeness (QED) is 0.573. The number of imidazole rings is 1. The van der Waals surface area contributed by atoms with Gasteiger partial charge in [0.25, 0.3) is 0 Å². The number of ketones is 1. The highest BCUT2D eigenvalue weighted by Gasteiger charge is 2.16. The van der Waals surface area contributed by atoms with E-state index >= 15 is 0 Å². The van der Waals surface area contributed by atoms with Gasteiger partial charge >= 0.3 is 5.97 Å². The van der Waals surface area contributed by atoms with Crippen LogP contribution in [0.25, 0.3) is 27.7 Å². The number of carbonyl (C=O) groups excluding carboxylic acids is 1. The number of aliphatic carboxylic acids is 1. The normalized spacial score (nSPS) is 11.3. The zero-order valence-electron chi connectivity index (χ0n) is 14.3. The number of carboxylic acid groups (broad SMARTS) is 1. The molecule has 130 valence electrons. The van der Waals surface area contributed by atoms with Gasteiger partial charge in [0.2, 0.25) is 0 Å². The van der Waals surface area contributed by atoms with Gasteiger partial charge in [-0.3, -0.25) is 14.3 Å². The van der Waals surface area contributed by atoms with Crippen molar-refractivity contribution in [3.05, 3.63) is 54.1 Å². The molecule has 4 aromatic rings. The Bertz CT molecular complexity index is 1190. The molecule has 0 aliphatic rings. The van der Waals surface area contributed by atoms with Gasteiger partial charge in [-0.15, -0.1) is 0 Å². The molecule has 0 spiro atoms. The molecule has 3 heterocycles. The zero-order valence-corrected chi connectivity index (χ0v) is 14.3. The molecule has 0 radical (unpaired) electrons. The standard InChI is InChI=1S/C19H16N4O3/c1-11-8-22-9-14(4-6-17(22)20-11)13-3-5-16-15(7-13)19(12(2)24)21-23(16)10-18(25)26/h3-9H,10H2,1-2H3,(H,25,26). The van der Waals surface area contributed by atoms with E-state index in [1.807, 2.05) is 48.0 Å². The average Bonchev–Trinajstić information content (AvgIpc) is 3.13. The number of aryl methyl sites for hydroxylation is 1. The van der Waals surface area contributed by atoms with Crippen LogP contribution in [0, 0.1) is 6.92 Å². The number of carboxylic acids is 1. The van der Waals surface area contributed by atoms with E-state index in [4.69, 9.17) is 5.11 Å². The molecule has 0 aliphatic heterocycles. The first kappa shape index (κ1) is 16.0. The largest absolute Gasteiger partial charge is 0.480 e. The van der Waals surface area contributed by atoms with Crippen LogP contribution in [-0.2, 0) is 11.3 Å². The molecule has 7 nitrogen and oxygen atoms in total. The Kier molecular flexibility index (Phi) is 3.57. The minimum absolute atomic E-state index is 0.197. The van der Waals surface area contributed by atoms with Crippen LogP contribution in [0.3, 0.4) is 0 Å². The fourth-order valence-corrected chi connectivity index (χ4v) is 3.16. The second-order valence-electron chi connectivity index (χ2n) is 6.25. The summed E-state index contributed by atoms with van der Waals surface area (Å²) in [7, 11) is 0. The summed E-state index contributed by atoms with van der Waals surface area (Å²) < 4.78 is 3.30. The van der Waals surface area contributed by atoms with E-state index in [0.29, 0.717) is 10.9 Å². The third kappa shape index (κ3) is 2.63. The lowest BCUT2D eigenvalue weighted by Gasteiger charge is -2.04. The fourth-order valence-electron chi connectivity index (χ4n) is 3.16. The number of hydrogen-bond acceptors (Lipinski definition) is 4. The Morgan fingerprint density at radius 2 is 1.88 bits per heavy atom. The molecule has 26 heavy (non-hydrogen) atoms. The van der Waals surface area contributed by atoms with Gasteiger partial charge in [0.1, 0.15) is 17.9 Å². The van der Waals surface area contributed by atoms with Gasteiger partial charge in [-0.05, 0) is 42.3 Å². The summed E-state index contributed by atoms with van der Waals surface area (Å²) in [6.07, 6.45) is 3.93. The molecule has 1 aromatic carbocycles. The van der Waals surface area contributed by atoms with Crippen molar-refractivity contribution >= 4 is 28.3 Å². The van der Waals surface area contributed by atoms with Crippen molar-refractivity contribution in [2.45, 2.75) is 20.4 Å². The number of carbonyl (C=O) groups is 2. The molecular weight excluding hydrogens is 332 g/mol. The minimum atomic E-state index is -1.01. The Labute approximate surface area is 148 Å². The Morgan fingerprint density at radius 3 is 2.62 bits per heavy atom. The number of rotatable bonds is 4. The fraction of sp³-hybridized carbons (Fsp3) is 0.158. The molecule has 0 amide bonds. The molecule has 0 aliphatic carbocycles. The highest BCUT2D eigenvalue weighted by Crippen LogP contribution is 2.27. The number of aromatic nitrogens is 4. The van der Waals surface area contributed by atoms with Crippen LogP contribution in [0.4, 0.5) is 0 Å². The topological polar surface area (TPSA) is 89.5 Å². The maximum absolute atomic E-state index is 11.9. The summed E-state index contributed by atoms with van der Waals surface area (Å²) in [5.74, 6) is -1.20. The van der Waals surface area contributed by atoms with Crippen molar-refractivity contribution in [2.75, 3.05) is 0 Å². The molecule has 4 rings (SSSR count). The average molecular weight is 348 g/mol. The molecule has 0 bridgehead atoms. The lowest BCUT2D eigenvalue weighted by Crippen LogP contribution is -2.10. The molecule has 0 unspecified atom stereocenters.